The summed E-state index contributed by atoms with van der Waals surface area (Å²) in [5.74, 6) is 0.589. The molecule has 6 nitrogen and oxygen atoms in total. The van der Waals surface area contributed by atoms with Crippen molar-refractivity contribution < 1.29 is 14.6 Å². The maximum atomic E-state index is 8.86. The third-order valence-electron chi connectivity index (χ3n) is 3.56. The highest BCUT2D eigenvalue weighted by Gasteiger charge is 2.42. The largest absolute Gasteiger partial charge is 0.503 e. The van der Waals surface area contributed by atoms with Crippen molar-refractivity contribution in [3.8, 4) is 0 Å². The first-order chi connectivity index (χ1) is 9.34. The van der Waals surface area contributed by atoms with Gasteiger partial charge in [0.2, 0.25) is 0 Å². The predicted octanol–water partition coefficient (Wildman–Crippen LogP) is 1.73. The number of ether oxygens (including phenoxy) is 2. The highest BCUT2D eigenvalue weighted by atomic mass is 16.5. The number of aliphatic hydroxyl groups excluding tert-OH is 1. The Morgan fingerprint density at radius 3 is 2.40 bits per heavy atom. The zero-order valence-corrected chi connectivity index (χ0v) is 11.9. The van der Waals surface area contributed by atoms with Gasteiger partial charge in [0.15, 0.2) is 0 Å². The highest BCUT2D eigenvalue weighted by Crippen LogP contribution is 2.38. The molecule has 4 radical (unpaired) electrons. The van der Waals surface area contributed by atoms with Gasteiger partial charge in [-0.05, 0) is 24.3 Å². The van der Waals surface area contributed by atoms with E-state index in [0.717, 1.165) is 6.42 Å². The van der Waals surface area contributed by atoms with Crippen LogP contribution in [0.3, 0.4) is 0 Å². The fourth-order valence-electron chi connectivity index (χ4n) is 2.33. The SMILES string of the molecule is [B][C@H]1CC(C)[C@](CC)(N=[N+]=[N-])O1.[B][C@H]1CC(O)C(=C)O1. The van der Waals surface area contributed by atoms with E-state index in [1.807, 2.05) is 13.8 Å². The number of nitrogens with zero attached hydrogens (tertiary/aromatic N) is 3. The maximum absolute atomic E-state index is 8.86. The van der Waals surface area contributed by atoms with Gasteiger partial charge in [0, 0.05) is 17.3 Å². The monoisotopic (exact) mass is 275 g/mol. The van der Waals surface area contributed by atoms with Gasteiger partial charge in [-0.15, -0.1) is 0 Å². The molecule has 1 N–H and O–H groups in total. The van der Waals surface area contributed by atoms with E-state index in [1.54, 1.807) is 0 Å². The lowest BCUT2D eigenvalue weighted by Crippen LogP contribution is -2.30. The lowest BCUT2D eigenvalue weighted by Gasteiger charge is -2.25. The Bertz CT molecular complexity index is 403. The van der Waals surface area contributed by atoms with Gasteiger partial charge in [0.1, 0.15) is 33.3 Å². The van der Waals surface area contributed by atoms with Gasteiger partial charge >= 0.3 is 0 Å². The van der Waals surface area contributed by atoms with Gasteiger partial charge in [0.05, 0.1) is 6.00 Å². The second-order valence-electron chi connectivity index (χ2n) is 5.05. The smallest absolute Gasteiger partial charge is 0.148 e. The van der Waals surface area contributed by atoms with Crippen LogP contribution in [0.15, 0.2) is 17.5 Å². The molecular weight excluding hydrogens is 256 g/mol. The van der Waals surface area contributed by atoms with Crippen LogP contribution in [0.4, 0.5) is 0 Å². The topological polar surface area (TPSA) is 87.5 Å². The van der Waals surface area contributed by atoms with Crippen LogP contribution in [-0.2, 0) is 9.47 Å². The number of rotatable bonds is 2. The number of aliphatic hydroxyl groups is 1. The molecule has 0 amide bonds. The molecule has 2 aliphatic rings. The van der Waals surface area contributed by atoms with Crippen LogP contribution in [0.5, 0.6) is 0 Å². The molecule has 0 aromatic carbocycles. The predicted molar refractivity (Wildman–Crippen MR) is 77.0 cm³/mol. The summed E-state index contributed by atoms with van der Waals surface area (Å²) >= 11 is 0. The number of azide groups is 1. The molecule has 20 heavy (non-hydrogen) atoms. The van der Waals surface area contributed by atoms with Crippen LogP contribution < -0.4 is 0 Å². The van der Waals surface area contributed by atoms with Crippen LogP contribution in [-0.4, -0.2) is 44.6 Å². The van der Waals surface area contributed by atoms with Gasteiger partial charge in [-0.3, -0.25) is 0 Å². The summed E-state index contributed by atoms with van der Waals surface area (Å²) in [5.41, 5.74) is 7.66. The molecule has 2 rings (SSSR count). The first-order valence-electron chi connectivity index (χ1n) is 6.63. The normalized spacial score (nSPS) is 39.5. The Morgan fingerprint density at radius 1 is 1.50 bits per heavy atom. The minimum atomic E-state index is -0.700. The van der Waals surface area contributed by atoms with Crippen molar-refractivity contribution in [2.24, 2.45) is 11.0 Å². The van der Waals surface area contributed by atoms with Crippen molar-refractivity contribution in [1.29, 1.82) is 0 Å². The highest BCUT2D eigenvalue weighted by molar-refractivity contribution is 6.11. The van der Waals surface area contributed by atoms with Gasteiger partial charge in [-0.1, -0.05) is 25.5 Å². The molecule has 0 spiro atoms. The van der Waals surface area contributed by atoms with Crippen LogP contribution in [0.1, 0.15) is 33.1 Å². The Kier molecular flexibility index (Phi) is 5.99. The van der Waals surface area contributed by atoms with E-state index in [4.69, 9.17) is 35.8 Å². The summed E-state index contributed by atoms with van der Waals surface area (Å²) in [4.78, 5) is 2.79. The molecule has 2 saturated heterocycles. The first kappa shape index (κ1) is 17.0. The molecule has 0 aromatic rings. The van der Waals surface area contributed by atoms with Crippen molar-refractivity contribution in [2.45, 2.75) is 56.9 Å². The molecule has 106 valence electrons. The molecule has 0 aliphatic carbocycles. The van der Waals surface area contributed by atoms with Crippen molar-refractivity contribution in [2.75, 3.05) is 0 Å². The number of hydrogen-bond donors (Lipinski definition) is 1. The standard InChI is InChI=1S/C7H12BN3O.C5H7BO2/c1-3-7(10-11-9)5(2)4-6(8)12-7;1-3-4(7)2-5(6)8-3/h5-6H,3-4H2,1-2H3;4-5,7H,1-2H2/t5?,6-,7-;4?,5-/m11/s1. The van der Waals surface area contributed by atoms with E-state index >= 15 is 0 Å². The summed E-state index contributed by atoms with van der Waals surface area (Å²) in [7, 11) is 10.9. The van der Waals surface area contributed by atoms with Crippen LogP contribution >= 0.6 is 0 Å². The van der Waals surface area contributed by atoms with E-state index in [1.165, 1.54) is 0 Å². The molecule has 2 heterocycles. The van der Waals surface area contributed by atoms with E-state index in [0.29, 0.717) is 18.6 Å². The molecule has 2 aliphatic heterocycles. The summed E-state index contributed by atoms with van der Waals surface area (Å²) in [5, 5.41) is 12.5. The summed E-state index contributed by atoms with van der Waals surface area (Å²) < 4.78 is 10.2. The first-order valence-corrected chi connectivity index (χ1v) is 6.63. The van der Waals surface area contributed by atoms with E-state index in [9.17, 15) is 0 Å². The number of hydrogen-bond acceptors (Lipinski definition) is 4. The average Bonchev–Trinajstić information content (AvgIpc) is 2.81. The maximum Gasteiger partial charge on any atom is 0.148 e. The molecular formula is C12H19B2N3O3. The molecule has 2 unspecified atom stereocenters. The zero-order chi connectivity index (χ0) is 15.3. The molecule has 0 saturated carbocycles. The van der Waals surface area contributed by atoms with Crippen LogP contribution in [0.2, 0.25) is 0 Å². The van der Waals surface area contributed by atoms with Gasteiger partial charge in [-0.25, -0.2) is 0 Å². The van der Waals surface area contributed by atoms with E-state index in [-0.39, 0.29) is 17.9 Å². The molecule has 2 fully saturated rings. The van der Waals surface area contributed by atoms with Crippen LogP contribution in [0, 0.1) is 5.92 Å². The lowest BCUT2D eigenvalue weighted by molar-refractivity contribution is -0.0284. The minimum absolute atomic E-state index is 0.202. The van der Waals surface area contributed by atoms with Gasteiger partial charge in [-0.2, -0.15) is 0 Å². The molecule has 0 aromatic heterocycles. The van der Waals surface area contributed by atoms with Crippen molar-refractivity contribution >= 4 is 15.7 Å². The van der Waals surface area contributed by atoms with E-state index in [2.05, 4.69) is 16.6 Å². The van der Waals surface area contributed by atoms with Gasteiger partial charge in [0.25, 0.3) is 0 Å². The van der Waals surface area contributed by atoms with Crippen molar-refractivity contribution in [3.63, 3.8) is 0 Å². The van der Waals surface area contributed by atoms with Crippen LogP contribution in [0.25, 0.3) is 10.4 Å². The average molecular weight is 275 g/mol. The fraction of sp³-hybridized carbons (Fsp3) is 0.833. The third-order valence-corrected chi connectivity index (χ3v) is 3.56. The van der Waals surface area contributed by atoms with Crippen molar-refractivity contribution in [1.82, 2.24) is 0 Å². The summed E-state index contributed by atoms with van der Waals surface area (Å²) in [6.45, 7) is 7.36. The van der Waals surface area contributed by atoms with Gasteiger partial charge < -0.3 is 14.6 Å². The van der Waals surface area contributed by atoms with E-state index < -0.39 is 11.8 Å². The minimum Gasteiger partial charge on any atom is -0.503 e. The lowest BCUT2D eigenvalue weighted by atomic mass is 9.89. The Balaban J connectivity index is 0.000000217. The molecule has 5 atom stereocenters. The Morgan fingerprint density at radius 2 is 2.15 bits per heavy atom. The Hall–Kier alpha value is -1.10. The molecule has 8 heteroatoms. The quantitative estimate of drug-likeness (QED) is 0.360. The second-order valence-corrected chi connectivity index (χ2v) is 5.05. The van der Waals surface area contributed by atoms with Crippen molar-refractivity contribution in [3.05, 3.63) is 22.8 Å². The third kappa shape index (κ3) is 3.95. The molecule has 0 bridgehead atoms. The zero-order valence-electron chi connectivity index (χ0n) is 11.9. The fourth-order valence-corrected chi connectivity index (χ4v) is 2.33. The summed E-state index contributed by atoms with van der Waals surface area (Å²) in [6.07, 6.45) is 1.35. The summed E-state index contributed by atoms with van der Waals surface area (Å²) in [6, 6.07) is -0.636. The second kappa shape index (κ2) is 7.07. The Labute approximate surface area is 122 Å².